The number of fused-ring (bicyclic) bond motifs is 1. The Labute approximate surface area is 163 Å². The Morgan fingerprint density at radius 1 is 1.14 bits per heavy atom. The van der Waals surface area contributed by atoms with Crippen LogP contribution in [0, 0.1) is 6.92 Å². The second-order valence-corrected chi connectivity index (χ2v) is 6.88. The van der Waals surface area contributed by atoms with E-state index in [0.29, 0.717) is 18.7 Å². The zero-order valence-electron chi connectivity index (χ0n) is 15.6. The summed E-state index contributed by atoms with van der Waals surface area (Å²) in [5, 5.41) is 7.20. The van der Waals surface area contributed by atoms with Crippen molar-refractivity contribution in [2.75, 3.05) is 6.54 Å². The summed E-state index contributed by atoms with van der Waals surface area (Å²) < 4.78 is 1.70. The molecular weight excluding hydrogens is 354 g/mol. The van der Waals surface area contributed by atoms with Crippen LogP contribution in [-0.4, -0.2) is 38.0 Å². The molecule has 0 fully saturated rings. The Kier molecular flexibility index (Phi) is 4.89. The average Bonchev–Trinajstić information content (AvgIpc) is 3.20. The molecule has 28 heavy (non-hydrogen) atoms. The molecule has 0 unspecified atom stereocenters. The van der Waals surface area contributed by atoms with Crippen LogP contribution in [0.25, 0.3) is 0 Å². The fourth-order valence-corrected chi connectivity index (χ4v) is 3.40. The third kappa shape index (κ3) is 3.64. The van der Waals surface area contributed by atoms with E-state index in [0.717, 1.165) is 17.0 Å². The van der Waals surface area contributed by atoms with Gasteiger partial charge in [-0.05, 0) is 37.3 Å². The first-order valence-corrected chi connectivity index (χ1v) is 9.18. The quantitative estimate of drug-likeness (QED) is 0.757. The van der Waals surface area contributed by atoms with Gasteiger partial charge < -0.3 is 10.2 Å². The van der Waals surface area contributed by atoms with E-state index in [1.54, 1.807) is 28.0 Å². The van der Waals surface area contributed by atoms with E-state index in [4.69, 9.17) is 0 Å². The van der Waals surface area contributed by atoms with E-state index < -0.39 is 6.04 Å². The Bertz CT molecular complexity index is 999. The van der Waals surface area contributed by atoms with Gasteiger partial charge in [0.25, 0.3) is 5.91 Å². The summed E-state index contributed by atoms with van der Waals surface area (Å²) >= 11 is 0. The summed E-state index contributed by atoms with van der Waals surface area (Å²) in [5.74, 6) is -0.268. The molecule has 1 atom stereocenters. The maximum Gasteiger partial charge on any atom is 0.254 e. The summed E-state index contributed by atoms with van der Waals surface area (Å²) in [5.41, 5.74) is 3.27. The Morgan fingerprint density at radius 3 is 2.82 bits per heavy atom. The number of carbonyl (C=O) groups is 2. The lowest BCUT2D eigenvalue weighted by Gasteiger charge is -2.33. The van der Waals surface area contributed by atoms with Gasteiger partial charge in [0.1, 0.15) is 6.04 Å². The van der Waals surface area contributed by atoms with Crippen LogP contribution in [0.4, 0.5) is 0 Å². The molecule has 1 N–H and O–H groups in total. The number of aryl methyl sites for hydroxylation is 1. The highest BCUT2D eigenvalue weighted by Gasteiger charge is 2.33. The number of rotatable bonds is 4. The molecule has 7 heteroatoms. The van der Waals surface area contributed by atoms with Gasteiger partial charge in [-0.25, -0.2) is 0 Å². The van der Waals surface area contributed by atoms with Crippen LogP contribution < -0.4 is 5.32 Å². The summed E-state index contributed by atoms with van der Waals surface area (Å²) in [4.78, 5) is 31.8. The van der Waals surface area contributed by atoms with Gasteiger partial charge in [-0.2, -0.15) is 5.10 Å². The zero-order chi connectivity index (χ0) is 19.5. The monoisotopic (exact) mass is 375 g/mol. The molecule has 0 bridgehead atoms. The lowest BCUT2D eigenvalue weighted by Crippen LogP contribution is -2.47. The largest absolute Gasteiger partial charge is 0.349 e. The van der Waals surface area contributed by atoms with Crippen LogP contribution in [0.5, 0.6) is 0 Å². The maximum absolute atomic E-state index is 13.0. The molecule has 1 aliphatic rings. The fraction of sp³-hybridized carbons (Fsp3) is 0.238. The van der Waals surface area contributed by atoms with Crippen LogP contribution in [-0.2, 0) is 17.9 Å². The second kappa shape index (κ2) is 7.64. The number of nitrogens with zero attached hydrogens (tertiary/aromatic N) is 4. The van der Waals surface area contributed by atoms with E-state index in [9.17, 15) is 9.59 Å². The topological polar surface area (TPSA) is 80.1 Å². The van der Waals surface area contributed by atoms with Gasteiger partial charge in [-0.1, -0.05) is 23.8 Å². The molecule has 3 heterocycles. The summed E-state index contributed by atoms with van der Waals surface area (Å²) in [6, 6.07) is 14.3. The molecule has 0 saturated heterocycles. The standard InChI is InChI=1S/C21H21N5O2/c1-15-5-4-6-16(11-15)21(28)25-13-18-8-10-24-26(18)19(14-25)20(27)23-12-17-7-2-3-9-22-17/h2-11,19H,12-14H2,1H3,(H,23,27)/t19-/m0/s1. The van der Waals surface area contributed by atoms with Crippen LogP contribution >= 0.6 is 0 Å². The molecule has 7 nitrogen and oxygen atoms in total. The highest BCUT2D eigenvalue weighted by Crippen LogP contribution is 2.22. The van der Waals surface area contributed by atoms with Gasteiger partial charge in [0.2, 0.25) is 5.91 Å². The molecule has 3 aromatic rings. The van der Waals surface area contributed by atoms with Crippen LogP contribution in [0.3, 0.4) is 0 Å². The average molecular weight is 375 g/mol. The molecule has 2 aromatic heterocycles. The highest BCUT2D eigenvalue weighted by molar-refractivity contribution is 5.95. The number of hydrogen-bond donors (Lipinski definition) is 1. The van der Waals surface area contributed by atoms with E-state index in [1.165, 1.54) is 0 Å². The zero-order valence-corrected chi connectivity index (χ0v) is 15.6. The molecule has 2 amide bonds. The number of amides is 2. The molecular formula is C21H21N5O2. The van der Waals surface area contributed by atoms with Crippen molar-refractivity contribution >= 4 is 11.8 Å². The maximum atomic E-state index is 13.0. The fourth-order valence-electron chi connectivity index (χ4n) is 3.40. The summed E-state index contributed by atoms with van der Waals surface area (Å²) in [7, 11) is 0. The molecule has 0 aliphatic carbocycles. The number of aromatic nitrogens is 3. The Morgan fingerprint density at radius 2 is 2.04 bits per heavy atom. The van der Waals surface area contributed by atoms with Gasteiger partial charge >= 0.3 is 0 Å². The minimum atomic E-state index is -0.573. The van der Waals surface area contributed by atoms with Crippen molar-refractivity contribution in [3.63, 3.8) is 0 Å². The first kappa shape index (κ1) is 17.9. The van der Waals surface area contributed by atoms with Crippen molar-refractivity contribution in [1.29, 1.82) is 0 Å². The number of pyridine rings is 1. The molecule has 0 radical (unpaired) electrons. The molecule has 0 saturated carbocycles. The van der Waals surface area contributed by atoms with E-state index in [2.05, 4.69) is 15.4 Å². The third-order valence-corrected chi connectivity index (χ3v) is 4.82. The van der Waals surface area contributed by atoms with Crippen molar-refractivity contribution in [3.8, 4) is 0 Å². The van der Waals surface area contributed by atoms with Gasteiger partial charge in [0.15, 0.2) is 0 Å². The van der Waals surface area contributed by atoms with Crippen molar-refractivity contribution < 1.29 is 9.59 Å². The minimum Gasteiger partial charge on any atom is -0.349 e. The van der Waals surface area contributed by atoms with Gasteiger partial charge in [0.05, 0.1) is 31.0 Å². The van der Waals surface area contributed by atoms with E-state index >= 15 is 0 Å². The highest BCUT2D eigenvalue weighted by atomic mass is 16.2. The normalized spacial score (nSPS) is 15.8. The number of benzene rings is 1. The van der Waals surface area contributed by atoms with Gasteiger partial charge in [-0.15, -0.1) is 0 Å². The minimum absolute atomic E-state index is 0.0846. The molecule has 142 valence electrons. The summed E-state index contributed by atoms with van der Waals surface area (Å²) in [6.07, 6.45) is 3.35. The Balaban J connectivity index is 1.52. The third-order valence-electron chi connectivity index (χ3n) is 4.82. The number of carbonyl (C=O) groups excluding carboxylic acids is 2. The molecule has 1 aliphatic heterocycles. The number of nitrogens with one attached hydrogen (secondary N) is 1. The smallest absolute Gasteiger partial charge is 0.254 e. The van der Waals surface area contributed by atoms with Gasteiger partial charge in [-0.3, -0.25) is 19.3 Å². The SMILES string of the molecule is Cc1cccc(C(=O)N2Cc3ccnn3[C@H](C(=O)NCc3ccccn3)C2)c1. The first-order chi connectivity index (χ1) is 13.6. The molecule has 1 aromatic carbocycles. The predicted octanol–water partition coefficient (Wildman–Crippen LogP) is 2.10. The molecule has 0 spiro atoms. The van der Waals surface area contributed by atoms with Crippen molar-refractivity contribution in [1.82, 2.24) is 25.0 Å². The van der Waals surface area contributed by atoms with Crippen LogP contribution in [0.2, 0.25) is 0 Å². The van der Waals surface area contributed by atoms with E-state index in [-0.39, 0.29) is 18.4 Å². The van der Waals surface area contributed by atoms with Crippen molar-refractivity contribution in [2.24, 2.45) is 0 Å². The molecule has 4 rings (SSSR count). The van der Waals surface area contributed by atoms with Gasteiger partial charge in [0, 0.05) is 18.0 Å². The summed E-state index contributed by atoms with van der Waals surface area (Å²) in [6.45, 7) is 2.99. The van der Waals surface area contributed by atoms with Crippen molar-refractivity contribution in [2.45, 2.75) is 26.1 Å². The second-order valence-electron chi connectivity index (χ2n) is 6.88. The van der Waals surface area contributed by atoms with Crippen LogP contribution in [0.15, 0.2) is 60.9 Å². The van der Waals surface area contributed by atoms with Crippen LogP contribution in [0.1, 0.15) is 33.4 Å². The van der Waals surface area contributed by atoms with E-state index in [1.807, 2.05) is 49.4 Å². The lowest BCUT2D eigenvalue weighted by molar-refractivity contribution is -0.125. The Hall–Kier alpha value is -3.48. The lowest BCUT2D eigenvalue weighted by atomic mass is 10.1. The van der Waals surface area contributed by atoms with Crippen molar-refractivity contribution in [3.05, 3.63) is 83.4 Å². The first-order valence-electron chi connectivity index (χ1n) is 9.18. The number of hydrogen-bond acceptors (Lipinski definition) is 4. The predicted molar refractivity (Wildman–Crippen MR) is 103 cm³/mol.